The van der Waals surface area contributed by atoms with Crippen molar-refractivity contribution in [1.29, 1.82) is 0 Å². The van der Waals surface area contributed by atoms with Crippen LogP contribution >= 0.6 is 0 Å². The van der Waals surface area contributed by atoms with Crippen molar-refractivity contribution in [3.05, 3.63) is 70.1 Å². The van der Waals surface area contributed by atoms with E-state index in [4.69, 9.17) is 0 Å². The van der Waals surface area contributed by atoms with Crippen LogP contribution in [0.5, 0.6) is 0 Å². The highest BCUT2D eigenvalue weighted by atomic mass is 16.2. The quantitative estimate of drug-likeness (QED) is 0.714. The maximum atomic E-state index is 12.4. The summed E-state index contributed by atoms with van der Waals surface area (Å²) in [5, 5.41) is 2.96. The van der Waals surface area contributed by atoms with Crippen molar-refractivity contribution >= 4 is 16.9 Å². The summed E-state index contributed by atoms with van der Waals surface area (Å²) in [5.74, 6) is -0.0360. The number of rotatable bonds is 6. The molecule has 0 unspecified atom stereocenters. The standard InChI is InChI=1S/C23H29N3O2/c1-23(2,3)18-11-9-17(10-12-18)13-15-24-21(27)14-16-26-20-8-6-5-7-19(20)25(4)22(26)28/h5-12H,13-16H2,1-4H3,(H,24,27). The van der Waals surface area contributed by atoms with Gasteiger partial charge in [-0.05, 0) is 35.1 Å². The Labute approximate surface area is 166 Å². The molecule has 0 bridgehead atoms. The second kappa shape index (κ2) is 8.05. The van der Waals surface area contributed by atoms with Crippen LogP contribution in [0.3, 0.4) is 0 Å². The van der Waals surface area contributed by atoms with Crippen molar-refractivity contribution in [1.82, 2.24) is 14.5 Å². The second-order valence-electron chi connectivity index (χ2n) is 8.28. The zero-order valence-electron chi connectivity index (χ0n) is 17.2. The molecule has 1 aromatic heterocycles. The van der Waals surface area contributed by atoms with Crippen LogP contribution in [0.15, 0.2) is 53.3 Å². The van der Waals surface area contributed by atoms with Crippen LogP contribution in [0.2, 0.25) is 0 Å². The first kappa shape index (κ1) is 19.9. The molecule has 0 aliphatic rings. The van der Waals surface area contributed by atoms with Crippen molar-refractivity contribution in [2.45, 2.75) is 45.6 Å². The number of carbonyl (C=O) groups excluding carboxylic acids is 1. The second-order valence-corrected chi connectivity index (χ2v) is 8.28. The fraction of sp³-hybridized carbons (Fsp3) is 0.391. The molecule has 1 heterocycles. The average molecular weight is 380 g/mol. The molecule has 5 nitrogen and oxygen atoms in total. The molecule has 3 aromatic rings. The number of carbonyl (C=O) groups is 1. The van der Waals surface area contributed by atoms with Crippen LogP contribution in [0.1, 0.15) is 38.3 Å². The highest BCUT2D eigenvalue weighted by Crippen LogP contribution is 2.22. The normalized spacial score (nSPS) is 11.7. The van der Waals surface area contributed by atoms with Gasteiger partial charge >= 0.3 is 5.69 Å². The lowest BCUT2D eigenvalue weighted by Crippen LogP contribution is -2.29. The lowest BCUT2D eigenvalue weighted by molar-refractivity contribution is -0.121. The van der Waals surface area contributed by atoms with Gasteiger partial charge in [0.1, 0.15) is 0 Å². The van der Waals surface area contributed by atoms with Gasteiger partial charge in [0, 0.05) is 26.6 Å². The number of amides is 1. The third-order valence-corrected chi connectivity index (χ3v) is 5.17. The first-order chi connectivity index (χ1) is 13.3. The number of hydrogen-bond acceptors (Lipinski definition) is 2. The molecule has 0 atom stereocenters. The van der Waals surface area contributed by atoms with E-state index in [1.165, 1.54) is 11.1 Å². The maximum absolute atomic E-state index is 12.4. The van der Waals surface area contributed by atoms with Crippen molar-refractivity contribution in [3.63, 3.8) is 0 Å². The Bertz CT molecular complexity index is 1020. The van der Waals surface area contributed by atoms with E-state index >= 15 is 0 Å². The summed E-state index contributed by atoms with van der Waals surface area (Å²) in [6.45, 7) is 7.57. The Balaban J connectivity index is 1.52. The maximum Gasteiger partial charge on any atom is 0.328 e. The van der Waals surface area contributed by atoms with Gasteiger partial charge in [0.05, 0.1) is 11.0 Å². The Morgan fingerprint density at radius 1 is 1.00 bits per heavy atom. The molecule has 0 radical (unpaired) electrons. The van der Waals surface area contributed by atoms with Crippen molar-refractivity contribution in [2.75, 3.05) is 6.54 Å². The number of nitrogens with one attached hydrogen (secondary N) is 1. The largest absolute Gasteiger partial charge is 0.356 e. The van der Waals surface area contributed by atoms with E-state index < -0.39 is 0 Å². The van der Waals surface area contributed by atoms with E-state index in [0.717, 1.165) is 17.5 Å². The van der Waals surface area contributed by atoms with Crippen molar-refractivity contribution in [2.24, 2.45) is 7.05 Å². The minimum Gasteiger partial charge on any atom is -0.356 e. The van der Waals surface area contributed by atoms with Crippen LogP contribution in [-0.2, 0) is 30.2 Å². The minimum absolute atomic E-state index is 0.0360. The Hall–Kier alpha value is -2.82. The van der Waals surface area contributed by atoms with E-state index in [0.29, 0.717) is 13.1 Å². The van der Waals surface area contributed by atoms with Gasteiger partial charge in [0.2, 0.25) is 5.91 Å². The number of aromatic nitrogens is 2. The van der Waals surface area contributed by atoms with E-state index in [1.807, 2.05) is 24.3 Å². The average Bonchev–Trinajstić information content (AvgIpc) is 2.91. The number of fused-ring (bicyclic) bond motifs is 1. The smallest absolute Gasteiger partial charge is 0.328 e. The van der Waals surface area contributed by atoms with Gasteiger partial charge in [0.25, 0.3) is 0 Å². The Kier molecular flexibility index (Phi) is 5.73. The molecule has 148 valence electrons. The molecular formula is C23H29N3O2. The summed E-state index contributed by atoms with van der Waals surface area (Å²) in [4.78, 5) is 24.6. The first-order valence-electron chi connectivity index (χ1n) is 9.78. The zero-order valence-corrected chi connectivity index (χ0v) is 17.2. The fourth-order valence-corrected chi connectivity index (χ4v) is 3.40. The molecule has 28 heavy (non-hydrogen) atoms. The third kappa shape index (κ3) is 4.35. The van der Waals surface area contributed by atoms with E-state index in [1.54, 1.807) is 16.2 Å². The molecular weight excluding hydrogens is 350 g/mol. The van der Waals surface area contributed by atoms with Gasteiger partial charge in [0.15, 0.2) is 0 Å². The molecule has 0 aliphatic heterocycles. The molecule has 0 saturated carbocycles. The monoisotopic (exact) mass is 379 g/mol. The molecule has 1 amide bonds. The highest BCUT2D eigenvalue weighted by Gasteiger charge is 2.13. The van der Waals surface area contributed by atoms with Gasteiger partial charge < -0.3 is 5.32 Å². The predicted molar refractivity (Wildman–Crippen MR) is 114 cm³/mol. The third-order valence-electron chi connectivity index (χ3n) is 5.17. The topological polar surface area (TPSA) is 56.0 Å². The van der Waals surface area contributed by atoms with Crippen LogP contribution in [0.4, 0.5) is 0 Å². The summed E-state index contributed by atoms with van der Waals surface area (Å²) in [7, 11) is 1.76. The van der Waals surface area contributed by atoms with Crippen LogP contribution in [-0.4, -0.2) is 21.6 Å². The fourth-order valence-electron chi connectivity index (χ4n) is 3.40. The van der Waals surface area contributed by atoms with Crippen molar-refractivity contribution in [3.8, 4) is 0 Å². The molecule has 5 heteroatoms. The first-order valence-corrected chi connectivity index (χ1v) is 9.78. The summed E-state index contributed by atoms with van der Waals surface area (Å²) >= 11 is 0. The number of benzene rings is 2. The van der Waals surface area contributed by atoms with Gasteiger partial charge in [-0.1, -0.05) is 57.2 Å². The lowest BCUT2D eigenvalue weighted by atomic mass is 9.86. The van der Waals surface area contributed by atoms with Crippen molar-refractivity contribution < 1.29 is 4.79 Å². The molecule has 2 aromatic carbocycles. The van der Waals surface area contributed by atoms with Gasteiger partial charge in [-0.15, -0.1) is 0 Å². The van der Waals surface area contributed by atoms with Gasteiger partial charge in [-0.3, -0.25) is 13.9 Å². The minimum atomic E-state index is -0.0899. The van der Waals surface area contributed by atoms with E-state index in [-0.39, 0.29) is 23.4 Å². The Morgan fingerprint density at radius 2 is 1.64 bits per heavy atom. The summed E-state index contributed by atoms with van der Waals surface area (Å²) in [6.07, 6.45) is 1.08. The SMILES string of the molecule is Cn1c(=O)n(CCC(=O)NCCc2ccc(C(C)(C)C)cc2)c2ccccc21. The summed E-state index contributed by atoms with van der Waals surface area (Å²) in [5.41, 5.74) is 4.31. The zero-order chi connectivity index (χ0) is 20.3. The molecule has 0 spiro atoms. The van der Waals surface area contributed by atoms with Crippen LogP contribution in [0, 0.1) is 0 Å². The van der Waals surface area contributed by atoms with E-state index in [9.17, 15) is 9.59 Å². The molecule has 3 rings (SSSR count). The predicted octanol–water partition coefficient (Wildman–Crippen LogP) is 3.39. The lowest BCUT2D eigenvalue weighted by Gasteiger charge is -2.19. The molecule has 0 saturated heterocycles. The number of imidazole rings is 1. The number of aryl methyl sites for hydroxylation is 2. The number of nitrogens with zero attached hydrogens (tertiary/aromatic N) is 2. The van der Waals surface area contributed by atoms with Gasteiger partial charge in [-0.2, -0.15) is 0 Å². The highest BCUT2D eigenvalue weighted by molar-refractivity contribution is 5.77. The molecule has 1 N–H and O–H groups in total. The summed E-state index contributed by atoms with van der Waals surface area (Å²) in [6, 6.07) is 16.2. The van der Waals surface area contributed by atoms with E-state index in [2.05, 4.69) is 50.4 Å². The Morgan fingerprint density at radius 3 is 2.29 bits per heavy atom. The number of hydrogen-bond donors (Lipinski definition) is 1. The summed E-state index contributed by atoms with van der Waals surface area (Å²) < 4.78 is 3.29. The van der Waals surface area contributed by atoms with Gasteiger partial charge in [-0.25, -0.2) is 4.79 Å². The molecule has 0 aliphatic carbocycles. The molecule has 0 fully saturated rings. The number of para-hydroxylation sites is 2. The van der Waals surface area contributed by atoms with Crippen LogP contribution in [0.25, 0.3) is 11.0 Å². The van der Waals surface area contributed by atoms with Crippen LogP contribution < -0.4 is 11.0 Å².